The summed E-state index contributed by atoms with van der Waals surface area (Å²) in [5.41, 5.74) is 5.55. The first-order chi connectivity index (χ1) is 13.9. The van der Waals surface area contributed by atoms with Crippen LogP contribution in [0, 0.1) is 10.1 Å². The van der Waals surface area contributed by atoms with Crippen LogP contribution < -0.4 is 16.2 Å². The van der Waals surface area contributed by atoms with Gasteiger partial charge < -0.3 is 5.32 Å². The molecule has 1 amide bonds. The molecule has 0 fully saturated rings. The Morgan fingerprint density at radius 2 is 1.76 bits per heavy atom. The van der Waals surface area contributed by atoms with Crippen LogP contribution in [0.4, 0.5) is 17.3 Å². The summed E-state index contributed by atoms with van der Waals surface area (Å²) in [5.74, 6) is -0.700. The molecule has 0 saturated carbocycles. The number of aromatic nitrogens is 2. The Kier molecular flexibility index (Phi) is 6.43. The van der Waals surface area contributed by atoms with E-state index in [-0.39, 0.29) is 23.7 Å². The zero-order valence-corrected chi connectivity index (χ0v) is 16.2. The highest BCUT2D eigenvalue weighted by Gasteiger charge is 2.23. The van der Waals surface area contributed by atoms with Gasteiger partial charge in [0.2, 0.25) is 11.6 Å². The van der Waals surface area contributed by atoms with Crippen molar-refractivity contribution in [1.29, 1.82) is 0 Å². The van der Waals surface area contributed by atoms with Gasteiger partial charge >= 0.3 is 5.69 Å². The quantitative estimate of drug-likeness (QED) is 0.379. The van der Waals surface area contributed by atoms with Crippen LogP contribution in [-0.4, -0.2) is 20.8 Å². The van der Waals surface area contributed by atoms with Crippen LogP contribution in [0.2, 0.25) is 10.0 Å². The summed E-state index contributed by atoms with van der Waals surface area (Å²) in [7, 11) is 0. The molecule has 1 heterocycles. The lowest BCUT2D eigenvalue weighted by Gasteiger charge is -2.11. The van der Waals surface area contributed by atoms with Crippen LogP contribution in [0.25, 0.3) is 0 Å². The molecule has 148 valence electrons. The predicted octanol–water partition coefficient (Wildman–Crippen LogP) is 4.06. The zero-order valence-electron chi connectivity index (χ0n) is 14.7. The average Bonchev–Trinajstić information content (AvgIpc) is 2.71. The lowest BCUT2D eigenvalue weighted by molar-refractivity contribution is -0.383. The van der Waals surface area contributed by atoms with E-state index in [4.69, 9.17) is 23.2 Å². The second kappa shape index (κ2) is 9.18. The van der Waals surface area contributed by atoms with Crippen molar-refractivity contribution in [2.24, 2.45) is 0 Å². The Morgan fingerprint density at radius 3 is 2.45 bits per heavy atom. The fourth-order valence-corrected chi connectivity index (χ4v) is 2.69. The summed E-state index contributed by atoms with van der Waals surface area (Å²) in [6, 6.07) is 13.3. The maximum absolute atomic E-state index is 12.2. The van der Waals surface area contributed by atoms with Crippen LogP contribution in [0.5, 0.6) is 0 Å². The van der Waals surface area contributed by atoms with Crippen LogP contribution >= 0.6 is 23.2 Å². The standard InChI is InChI=1S/C18H14Cl2N6O3/c19-13-6-4-11(5-7-13)9-21-16-15(26(28)29)17(23-10-22-16)24-25-18(27)12-2-1-3-14(20)8-12/h1-8,10H,9H2,(H,25,27)(H2,21,22,23,24). The third-order valence-electron chi connectivity index (χ3n) is 3.76. The summed E-state index contributed by atoms with van der Waals surface area (Å²) in [5, 5.41) is 15.4. The van der Waals surface area contributed by atoms with Gasteiger partial charge in [-0.1, -0.05) is 41.4 Å². The molecule has 0 unspecified atom stereocenters. The van der Waals surface area contributed by atoms with Gasteiger partial charge in [-0.3, -0.25) is 25.8 Å². The molecule has 0 bridgehead atoms. The third-order valence-corrected chi connectivity index (χ3v) is 4.25. The smallest absolute Gasteiger partial charge is 0.354 e. The van der Waals surface area contributed by atoms with Crippen molar-refractivity contribution < 1.29 is 9.72 Å². The fourth-order valence-electron chi connectivity index (χ4n) is 2.38. The Labute approximate surface area is 175 Å². The number of anilines is 2. The van der Waals surface area contributed by atoms with Gasteiger partial charge in [-0.05, 0) is 35.9 Å². The average molecular weight is 433 g/mol. The molecule has 1 aromatic heterocycles. The Morgan fingerprint density at radius 1 is 1.03 bits per heavy atom. The molecule has 0 aliphatic carbocycles. The van der Waals surface area contributed by atoms with Crippen molar-refractivity contribution in [3.05, 3.63) is 86.1 Å². The molecule has 9 nitrogen and oxygen atoms in total. The fraction of sp³-hybridized carbons (Fsp3) is 0.0556. The van der Waals surface area contributed by atoms with Crippen LogP contribution in [0.1, 0.15) is 15.9 Å². The van der Waals surface area contributed by atoms with E-state index in [1.807, 2.05) is 0 Å². The SMILES string of the molecule is O=C(NNc1ncnc(NCc2ccc(Cl)cc2)c1[N+](=O)[O-])c1cccc(Cl)c1. The minimum absolute atomic E-state index is 0.000505. The van der Waals surface area contributed by atoms with E-state index in [0.717, 1.165) is 11.9 Å². The number of hydrogen-bond donors (Lipinski definition) is 3. The summed E-state index contributed by atoms with van der Waals surface area (Å²) < 4.78 is 0. The molecule has 0 spiro atoms. The molecule has 0 atom stereocenters. The minimum Gasteiger partial charge on any atom is -0.360 e. The second-order valence-electron chi connectivity index (χ2n) is 5.75. The minimum atomic E-state index is -0.641. The number of rotatable bonds is 7. The van der Waals surface area contributed by atoms with E-state index < -0.39 is 16.5 Å². The molecule has 0 radical (unpaired) electrons. The van der Waals surface area contributed by atoms with Crippen molar-refractivity contribution in [1.82, 2.24) is 15.4 Å². The number of carbonyl (C=O) groups is 1. The number of benzene rings is 2. The van der Waals surface area contributed by atoms with Gasteiger partial charge in [0, 0.05) is 22.2 Å². The van der Waals surface area contributed by atoms with Gasteiger partial charge in [-0.25, -0.2) is 9.97 Å². The Balaban J connectivity index is 1.74. The van der Waals surface area contributed by atoms with E-state index in [0.29, 0.717) is 10.0 Å². The van der Waals surface area contributed by atoms with E-state index in [1.54, 1.807) is 42.5 Å². The largest absolute Gasteiger partial charge is 0.360 e. The van der Waals surface area contributed by atoms with Gasteiger partial charge in [0.15, 0.2) is 0 Å². The number of nitro groups is 1. The van der Waals surface area contributed by atoms with Gasteiger partial charge in [0.05, 0.1) is 4.92 Å². The molecular weight excluding hydrogens is 419 g/mol. The van der Waals surface area contributed by atoms with E-state index in [1.165, 1.54) is 6.07 Å². The second-order valence-corrected chi connectivity index (χ2v) is 6.62. The Bertz CT molecular complexity index is 1050. The highest BCUT2D eigenvalue weighted by molar-refractivity contribution is 6.31. The molecule has 3 rings (SSSR count). The summed E-state index contributed by atoms with van der Waals surface area (Å²) in [6.07, 6.45) is 1.14. The Hall–Kier alpha value is -3.43. The lowest BCUT2D eigenvalue weighted by Crippen LogP contribution is -2.30. The summed E-state index contributed by atoms with van der Waals surface area (Å²) in [6.45, 7) is 0.281. The molecule has 0 saturated heterocycles. The molecule has 0 aliphatic rings. The molecular formula is C18H14Cl2N6O3. The van der Waals surface area contributed by atoms with Crippen molar-refractivity contribution in [3.8, 4) is 0 Å². The number of nitrogens with zero attached hydrogens (tertiary/aromatic N) is 3. The number of hydrogen-bond acceptors (Lipinski definition) is 7. The molecule has 3 aromatic rings. The van der Waals surface area contributed by atoms with Gasteiger partial charge in [0.1, 0.15) is 6.33 Å². The number of halogens is 2. The first kappa shape index (κ1) is 20.3. The molecule has 29 heavy (non-hydrogen) atoms. The maximum Gasteiger partial charge on any atom is 0.354 e. The molecule has 11 heteroatoms. The van der Waals surface area contributed by atoms with Crippen molar-refractivity contribution in [2.45, 2.75) is 6.54 Å². The first-order valence-electron chi connectivity index (χ1n) is 8.23. The number of nitrogens with one attached hydrogen (secondary N) is 3. The number of carbonyl (C=O) groups excluding carboxylic acids is 1. The molecule has 3 N–H and O–H groups in total. The predicted molar refractivity (Wildman–Crippen MR) is 110 cm³/mol. The highest BCUT2D eigenvalue weighted by Crippen LogP contribution is 2.28. The van der Waals surface area contributed by atoms with Crippen molar-refractivity contribution in [2.75, 3.05) is 10.7 Å². The van der Waals surface area contributed by atoms with Crippen molar-refractivity contribution in [3.63, 3.8) is 0 Å². The summed E-state index contributed by atoms with van der Waals surface area (Å²) >= 11 is 11.7. The molecule has 2 aromatic carbocycles. The summed E-state index contributed by atoms with van der Waals surface area (Å²) in [4.78, 5) is 30.9. The first-order valence-corrected chi connectivity index (χ1v) is 8.99. The third kappa shape index (κ3) is 5.31. The monoisotopic (exact) mass is 432 g/mol. The number of hydrazine groups is 1. The normalized spacial score (nSPS) is 10.3. The van der Waals surface area contributed by atoms with Crippen LogP contribution in [-0.2, 0) is 6.54 Å². The van der Waals surface area contributed by atoms with Crippen LogP contribution in [0.15, 0.2) is 54.9 Å². The van der Waals surface area contributed by atoms with Gasteiger partial charge in [0.25, 0.3) is 5.91 Å². The van der Waals surface area contributed by atoms with Gasteiger partial charge in [-0.2, -0.15) is 0 Å². The molecule has 0 aliphatic heterocycles. The topological polar surface area (TPSA) is 122 Å². The number of amides is 1. The van der Waals surface area contributed by atoms with Crippen molar-refractivity contribution >= 4 is 46.4 Å². The van der Waals surface area contributed by atoms with Crippen LogP contribution in [0.3, 0.4) is 0 Å². The zero-order chi connectivity index (χ0) is 20.8. The highest BCUT2D eigenvalue weighted by atomic mass is 35.5. The lowest BCUT2D eigenvalue weighted by atomic mass is 10.2. The van der Waals surface area contributed by atoms with Gasteiger partial charge in [-0.15, -0.1) is 0 Å². The van der Waals surface area contributed by atoms with E-state index >= 15 is 0 Å². The van der Waals surface area contributed by atoms with E-state index in [2.05, 4.69) is 26.1 Å². The maximum atomic E-state index is 12.2. The van der Waals surface area contributed by atoms with E-state index in [9.17, 15) is 14.9 Å².